The molecule has 0 spiro atoms. The van der Waals surface area contributed by atoms with Crippen molar-refractivity contribution in [3.05, 3.63) is 17.8 Å². The van der Waals surface area contributed by atoms with Crippen LogP contribution >= 0.6 is 0 Å². The summed E-state index contributed by atoms with van der Waals surface area (Å²) in [5, 5.41) is 2.75. The van der Waals surface area contributed by atoms with Gasteiger partial charge in [-0.25, -0.2) is 4.98 Å². The van der Waals surface area contributed by atoms with E-state index in [1.807, 2.05) is 13.8 Å². The molecule has 1 aromatic rings. The Morgan fingerprint density at radius 3 is 2.67 bits per heavy atom. The van der Waals surface area contributed by atoms with Crippen LogP contribution in [0.4, 0.5) is 0 Å². The third-order valence-corrected chi connectivity index (χ3v) is 1.78. The smallest absolute Gasteiger partial charge is 0.288 e. The summed E-state index contributed by atoms with van der Waals surface area (Å²) in [6.07, 6.45) is 2.24. The highest BCUT2D eigenvalue weighted by molar-refractivity contribution is 5.91. The third-order valence-electron chi connectivity index (χ3n) is 1.78. The zero-order valence-corrected chi connectivity index (χ0v) is 9.70. The number of oxazole rings is 1. The zero-order valence-electron chi connectivity index (χ0n) is 9.70. The Labute approximate surface area is 90.1 Å². The number of rotatable bonds is 4. The molecule has 0 fully saturated rings. The van der Waals surface area contributed by atoms with E-state index >= 15 is 0 Å². The molecule has 4 nitrogen and oxygen atoms in total. The van der Waals surface area contributed by atoms with Crippen LogP contribution in [0.2, 0.25) is 0 Å². The van der Waals surface area contributed by atoms with Gasteiger partial charge in [0.25, 0.3) is 5.91 Å². The second-order valence-corrected chi connectivity index (χ2v) is 4.34. The minimum absolute atomic E-state index is 0.108. The number of nitrogens with zero attached hydrogens (tertiary/aromatic N) is 1. The van der Waals surface area contributed by atoms with Crippen LogP contribution in [0.1, 0.15) is 44.1 Å². The molecular weight excluding hydrogens is 192 g/mol. The summed E-state index contributed by atoms with van der Waals surface area (Å²) < 4.78 is 5.33. The largest absolute Gasteiger partial charge is 0.436 e. The summed E-state index contributed by atoms with van der Waals surface area (Å²) in [7, 11) is 0. The maximum Gasteiger partial charge on any atom is 0.288 e. The van der Waals surface area contributed by atoms with Crippen LogP contribution in [0, 0.1) is 5.92 Å². The molecule has 0 radical (unpaired) electrons. The van der Waals surface area contributed by atoms with Crippen molar-refractivity contribution >= 4 is 5.91 Å². The van der Waals surface area contributed by atoms with E-state index in [1.54, 1.807) is 0 Å². The molecule has 0 aliphatic rings. The average Bonchev–Trinajstić information content (AvgIpc) is 2.50. The lowest BCUT2D eigenvalue weighted by molar-refractivity contribution is 0.0913. The number of hydrogen-bond donors (Lipinski definition) is 1. The summed E-state index contributed by atoms with van der Waals surface area (Å²) in [5.74, 6) is 1.19. The van der Waals surface area contributed by atoms with Gasteiger partial charge in [-0.1, -0.05) is 13.8 Å². The van der Waals surface area contributed by atoms with E-state index in [1.165, 1.54) is 6.20 Å². The highest BCUT2D eigenvalue weighted by Crippen LogP contribution is 2.09. The van der Waals surface area contributed by atoms with E-state index in [-0.39, 0.29) is 11.9 Å². The van der Waals surface area contributed by atoms with E-state index in [0.717, 1.165) is 6.42 Å². The van der Waals surface area contributed by atoms with E-state index in [9.17, 15) is 4.79 Å². The van der Waals surface area contributed by atoms with Gasteiger partial charge in [0.2, 0.25) is 5.76 Å². The number of carbonyl (C=O) groups is 1. The molecule has 1 amide bonds. The fourth-order valence-electron chi connectivity index (χ4n) is 1.19. The van der Waals surface area contributed by atoms with Crippen molar-refractivity contribution in [2.24, 2.45) is 5.92 Å². The number of hydrogen-bond acceptors (Lipinski definition) is 3. The maximum absolute atomic E-state index is 11.5. The van der Waals surface area contributed by atoms with E-state index in [4.69, 9.17) is 4.42 Å². The van der Waals surface area contributed by atoms with Crippen molar-refractivity contribution < 1.29 is 9.21 Å². The van der Waals surface area contributed by atoms with E-state index in [2.05, 4.69) is 24.1 Å². The van der Waals surface area contributed by atoms with Crippen molar-refractivity contribution in [2.45, 2.75) is 40.2 Å². The Morgan fingerprint density at radius 1 is 1.47 bits per heavy atom. The fraction of sp³-hybridized carbons (Fsp3) is 0.636. The molecular formula is C11H18N2O2. The molecule has 1 heterocycles. The average molecular weight is 210 g/mol. The Balaban J connectivity index is 2.63. The van der Waals surface area contributed by atoms with Gasteiger partial charge in [-0.15, -0.1) is 0 Å². The molecule has 0 unspecified atom stereocenters. The summed E-state index contributed by atoms with van der Waals surface area (Å²) in [5.41, 5.74) is 0. The summed E-state index contributed by atoms with van der Waals surface area (Å²) in [4.78, 5) is 15.6. The van der Waals surface area contributed by atoms with Crippen LogP contribution in [0.25, 0.3) is 0 Å². The number of carbonyl (C=O) groups excluding carboxylic acids is 1. The minimum atomic E-state index is -0.201. The van der Waals surface area contributed by atoms with Gasteiger partial charge in [0.15, 0.2) is 5.89 Å². The second-order valence-electron chi connectivity index (χ2n) is 4.34. The predicted octanol–water partition coefficient (Wildman–Crippen LogP) is 2.01. The maximum atomic E-state index is 11.5. The van der Waals surface area contributed by atoms with Crippen molar-refractivity contribution in [3.63, 3.8) is 0 Å². The Kier molecular flexibility index (Phi) is 3.88. The van der Waals surface area contributed by atoms with Crippen LogP contribution < -0.4 is 5.32 Å². The first kappa shape index (κ1) is 11.8. The van der Waals surface area contributed by atoms with Crippen molar-refractivity contribution in [2.75, 3.05) is 0 Å². The lowest BCUT2D eigenvalue weighted by Gasteiger charge is -2.05. The first-order chi connectivity index (χ1) is 6.99. The van der Waals surface area contributed by atoms with E-state index < -0.39 is 0 Å². The van der Waals surface area contributed by atoms with Crippen LogP contribution in [-0.4, -0.2) is 16.9 Å². The Hall–Kier alpha value is -1.32. The number of aromatic nitrogens is 1. The molecule has 0 saturated heterocycles. The van der Waals surface area contributed by atoms with Gasteiger partial charge in [-0.2, -0.15) is 0 Å². The first-order valence-electron chi connectivity index (χ1n) is 5.24. The summed E-state index contributed by atoms with van der Waals surface area (Å²) in [6.45, 7) is 7.97. The molecule has 0 aliphatic carbocycles. The van der Waals surface area contributed by atoms with Gasteiger partial charge in [-0.05, 0) is 19.8 Å². The molecule has 4 heteroatoms. The van der Waals surface area contributed by atoms with Crippen molar-refractivity contribution in [1.82, 2.24) is 10.3 Å². The second kappa shape index (κ2) is 4.96. The predicted molar refractivity (Wildman–Crippen MR) is 57.6 cm³/mol. The fourth-order valence-corrected chi connectivity index (χ4v) is 1.19. The zero-order chi connectivity index (χ0) is 11.4. The molecule has 0 bridgehead atoms. The SMILES string of the molecule is CC(C)Cc1ncc(C(=O)NC(C)C)o1. The molecule has 0 aliphatic heterocycles. The van der Waals surface area contributed by atoms with Crippen LogP contribution in [-0.2, 0) is 6.42 Å². The first-order valence-corrected chi connectivity index (χ1v) is 5.24. The van der Waals surface area contributed by atoms with Gasteiger partial charge in [0, 0.05) is 12.5 Å². The highest BCUT2D eigenvalue weighted by Gasteiger charge is 2.13. The molecule has 1 aromatic heterocycles. The van der Waals surface area contributed by atoms with E-state index in [0.29, 0.717) is 17.6 Å². The molecule has 0 aromatic carbocycles. The standard InChI is InChI=1S/C11H18N2O2/c1-7(2)5-10-12-6-9(15-10)11(14)13-8(3)4/h6-8H,5H2,1-4H3,(H,13,14). The topological polar surface area (TPSA) is 55.1 Å². The molecule has 0 saturated carbocycles. The molecule has 0 atom stereocenters. The number of nitrogens with one attached hydrogen (secondary N) is 1. The minimum Gasteiger partial charge on any atom is -0.436 e. The molecule has 1 N–H and O–H groups in total. The lowest BCUT2D eigenvalue weighted by atomic mass is 10.1. The Bertz CT molecular complexity index is 329. The monoisotopic (exact) mass is 210 g/mol. The molecule has 1 rings (SSSR count). The number of amides is 1. The van der Waals surface area contributed by atoms with Crippen LogP contribution in [0.5, 0.6) is 0 Å². The van der Waals surface area contributed by atoms with Gasteiger partial charge >= 0.3 is 0 Å². The van der Waals surface area contributed by atoms with Crippen molar-refractivity contribution in [3.8, 4) is 0 Å². The van der Waals surface area contributed by atoms with Crippen molar-refractivity contribution in [1.29, 1.82) is 0 Å². The van der Waals surface area contributed by atoms with Gasteiger partial charge in [-0.3, -0.25) is 4.79 Å². The van der Waals surface area contributed by atoms with Crippen LogP contribution in [0.15, 0.2) is 10.6 Å². The summed E-state index contributed by atoms with van der Waals surface area (Å²) in [6, 6.07) is 0.108. The third kappa shape index (κ3) is 3.73. The molecule has 15 heavy (non-hydrogen) atoms. The highest BCUT2D eigenvalue weighted by atomic mass is 16.4. The molecule has 84 valence electrons. The lowest BCUT2D eigenvalue weighted by Crippen LogP contribution is -2.29. The van der Waals surface area contributed by atoms with Gasteiger partial charge in [0.05, 0.1) is 6.20 Å². The van der Waals surface area contributed by atoms with Crippen LogP contribution in [0.3, 0.4) is 0 Å². The Morgan fingerprint density at radius 2 is 2.13 bits per heavy atom. The normalized spacial score (nSPS) is 11.1. The quantitative estimate of drug-likeness (QED) is 0.827. The van der Waals surface area contributed by atoms with Gasteiger partial charge in [0.1, 0.15) is 0 Å². The summed E-state index contributed by atoms with van der Waals surface area (Å²) >= 11 is 0. The van der Waals surface area contributed by atoms with Gasteiger partial charge < -0.3 is 9.73 Å².